The van der Waals surface area contributed by atoms with Gasteiger partial charge in [0.25, 0.3) is 10.1 Å². The Labute approximate surface area is 119 Å². The van der Waals surface area contributed by atoms with Crippen molar-refractivity contribution in [1.29, 1.82) is 0 Å². The molecule has 1 atom stereocenters. The fourth-order valence-electron chi connectivity index (χ4n) is 2.72. The van der Waals surface area contributed by atoms with Crippen LogP contribution in [0, 0.1) is 0 Å². The zero-order chi connectivity index (χ0) is 14.9. The van der Waals surface area contributed by atoms with E-state index in [1.54, 1.807) is 0 Å². The largest absolute Gasteiger partial charge is 0.322 e. The Morgan fingerprint density at radius 1 is 1.05 bits per heavy atom. The molecule has 116 valence electrons. The molecule has 1 N–H and O–H groups in total. The molecule has 0 spiro atoms. The standard InChI is InChI=1S/C14H31NO3S/c1-5-8-11-15(7-3,12-9-6-2)14(4)10-13-19(16,17)18/h14H,5-13H2,1-4H3/p+1. The maximum Gasteiger partial charge on any atom is 0.265 e. The summed E-state index contributed by atoms with van der Waals surface area (Å²) in [6.45, 7) is 11.9. The number of unbranched alkanes of at least 4 members (excludes halogenated alkanes) is 2. The van der Waals surface area contributed by atoms with E-state index in [0.717, 1.165) is 37.0 Å². The van der Waals surface area contributed by atoms with Crippen molar-refractivity contribution in [3.63, 3.8) is 0 Å². The third-order valence-corrected chi connectivity index (χ3v) is 5.02. The Hall–Kier alpha value is -0.130. The van der Waals surface area contributed by atoms with Crippen LogP contribution in [-0.4, -0.2) is 48.9 Å². The third-order valence-electron chi connectivity index (χ3n) is 4.27. The highest BCUT2D eigenvalue weighted by atomic mass is 32.2. The van der Waals surface area contributed by atoms with Gasteiger partial charge in [-0.2, -0.15) is 8.42 Å². The van der Waals surface area contributed by atoms with Gasteiger partial charge in [-0.3, -0.25) is 4.55 Å². The van der Waals surface area contributed by atoms with E-state index in [1.165, 1.54) is 12.8 Å². The lowest BCUT2D eigenvalue weighted by Gasteiger charge is -2.43. The summed E-state index contributed by atoms with van der Waals surface area (Å²) < 4.78 is 31.8. The lowest BCUT2D eigenvalue weighted by atomic mass is 10.1. The number of rotatable bonds is 11. The molecule has 19 heavy (non-hydrogen) atoms. The highest BCUT2D eigenvalue weighted by Gasteiger charge is 2.31. The second-order valence-electron chi connectivity index (χ2n) is 5.61. The topological polar surface area (TPSA) is 54.4 Å². The van der Waals surface area contributed by atoms with Gasteiger partial charge < -0.3 is 4.48 Å². The highest BCUT2D eigenvalue weighted by molar-refractivity contribution is 7.85. The van der Waals surface area contributed by atoms with Crippen LogP contribution in [0.4, 0.5) is 0 Å². The summed E-state index contributed by atoms with van der Waals surface area (Å²) in [4.78, 5) is 0. The summed E-state index contributed by atoms with van der Waals surface area (Å²) in [6, 6.07) is 0.282. The summed E-state index contributed by atoms with van der Waals surface area (Å²) in [5, 5.41) is 0. The first-order chi connectivity index (χ1) is 8.81. The molecule has 0 aliphatic rings. The van der Waals surface area contributed by atoms with Gasteiger partial charge in [-0.25, -0.2) is 0 Å². The third kappa shape index (κ3) is 7.28. The molecule has 0 aliphatic carbocycles. The van der Waals surface area contributed by atoms with Crippen molar-refractivity contribution < 1.29 is 17.5 Å². The Balaban J connectivity index is 4.75. The number of hydrogen-bond acceptors (Lipinski definition) is 2. The van der Waals surface area contributed by atoms with Gasteiger partial charge in [-0.15, -0.1) is 0 Å². The summed E-state index contributed by atoms with van der Waals surface area (Å²) in [7, 11) is -3.84. The van der Waals surface area contributed by atoms with E-state index in [4.69, 9.17) is 4.55 Å². The van der Waals surface area contributed by atoms with Crippen LogP contribution in [0.25, 0.3) is 0 Å². The van der Waals surface area contributed by atoms with E-state index < -0.39 is 10.1 Å². The zero-order valence-electron chi connectivity index (χ0n) is 13.1. The molecule has 0 aliphatic heterocycles. The first-order valence-electron chi connectivity index (χ1n) is 7.62. The van der Waals surface area contributed by atoms with Crippen LogP contribution in [0.5, 0.6) is 0 Å². The summed E-state index contributed by atoms with van der Waals surface area (Å²) in [5.74, 6) is -0.119. The van der Waals surface area contributed by atoms with Gasteiger partial charge in [-0.05, 0) is 26.7 Å². The van der Waals surface area contributed by atoms with Crippen molar-refractivity contribution >= 4 is 10.1 Å². The molecule has 0 fully saturated rings. The van der Waals surface area contributed by atoms with Crippen molar-refractivity contribution in [3.8, 4) is 0 Å². The molecule has 0 aromatic heterocycles. The molecule has 0 saturated carbocycles. The molecule has 0 amide bonds. The van der Waals surface area contributed by atoms with Crippen molar-refractivity contribution in [1.82, 2.24) is 0 Å². The van der Waals surface area contributed by atoms with Gasteiger partial charge in [0, 0.05) is 6.42 Å². The van der Waals surface area contributed by atoms with E-state index in [9.17, 15) is 8.42 Å². The first kappa shape index (κ1) is 18.9. The molecule has 0 radical (unpaired) electrons. The zero-order valence-corrected chi connectivity index (χ0v) is 13.9. The van der Waals surface area contributed by atoms with Gasteiger partial charge in [0.1, 0.15) is 0 Å². The molecule has 0 heterocycles. The fraction of sp³-hybridized carbons (Fsp3) is 1.00. The fourth-order valence-corrected chi connectivity index (χ4v) is 3.36. The smallest absolute Gasteiger partial charge is 0.265 e. The molecular formula is C14H32NO3S+. The minimum absolute atomic E-state index is 0.119. The Morgan fingerprint density at radius 2 is 1.53 bits per heavy atom. The molecular weight excluding hydrogens is 262 g/mol. The predicted octanol–water partition coefficient (Wildman–Crippen LogP) is 3.09. The summed E-state index contributed by atoms with van der Waals surface area (Å²) in [5.41, 5.74) is 0. The lowest BCUT2D eigenvalue weighted by molar-refractivity contribution is -0.948. The highest BCUT2D eigenvalue weighted by Crippen LogP contribution is 2.20. The van der Waals surface area contributed by atoms with Crippen LogP contribution in [-0.2, 0) is 10.1 Å². The van der Waals surface area contributed by atoms with Gasteiger partial charge in [0.2, 0.25) is 0 Å². The van der Waals surface area contributed by atoms with E-state index in [2.05, 4.69) is 27.7 Å². The SMILES string of the molecule is CCCC[N+](CC)(CCCC)C(C)CCS(=O)(=O)O. The summed E-state index contributed by atoms with van der Waals surface area (Å²) >= 11 is 0. The van der Waals surface area contributed by atoms with Crippen LogP contribution in [0.2, 0.25) is 0 Å². The molecule has 0 aromatic carbocycles. The monoisotopic (exact) mass is 294 g/mol. The lowest BCUT2D eigenvalue weighted by Crippen LogP contribution is -2.55. The molecule has 0 bridgehead atoms. The molecule has 0 rings (SSSR count). The molecule has 4 nitrogen and oxygen atoms in total. The van der Waals surface area contributed by atoms with Crippen LogP contribution >= 0.6 is 0 Å². The second kappa shape index (κ2) is 8.93. The first-order valence-corrected chi connectivity index (χ1v) is 9.23. The molecule has 1 unspecified atom stereocenters. The molecule has 0 aromatic rings. The van der Waals surface area contributed by atoms with Crippen molar-refractivity contribution in [3.05, 3.63) is 0 Å². The minimum atomic E-state index is -3.84. The predicted molar refractivity (Wildman–Crippen MR) is 80.8 cm³/mol. The van der Waals surface area contributed by atoms with Crippen LogP contribution < -0.4 is 0 Å². The van der Waals surface area contributed by atoms with Crippen molar-refractivity contribution in [2.24, 2.45) is 0 Å². The van der Waals surface area contributed by atoms with E-state index in [0.29, 0.717) is 6.42 Å². The molecule has 5 heteroatoms. The van der Waals surface area contributed by atoms with Crippen LogP contribution in [0.15, 0.2) is 0 Å². The van der Waals surface area contributed by atoms with Gasteiger partial charge >= 0.3 is 0 Å². The maximum absolute atomic E-state index is 10.9. The Kier molecular flexibility index (Phi) is 8.86. The number of quaternary nitrogens is 1. The minimum Gasteiger partial charge on any atom is -0.322 e. The van der Waals surface area contributed by atoms with Gasteiger partial charge in [-0.1, -0.05) is 26.7 Å². The van der Waals surface area contributed by atoms with Crippen molar-refractivity contribution in [2.75, 3.05) is 25.4 Å². The normalized spacial score (nSPS) is 14.6. The van der Waals surface area contributed by atoms with E-state index >= 15 is 0 Å². The van der Waals surface area contributed by atoms with Crippen LogP contribution in [0.3, 0.4) is 0 Å². The average Bonchev–Trinajstić information content (AvgIpc) is 2.36. The average molecular weight is 294 g/mol. The summed E-state index contributed by atoms with van der Waals surface area (Å²) in [6.07, 6.45) is 5.22. The molecule has 0 saturated heterocycles. The number of nitrogens with zero attached hydrogens (tertiary/aromatic N) is 1. The Bertz CT molecular complexity index is 320. The quantitative estimate of drug-likeness (QED) is 0.470. The van der Waals surface area contributed by atoms with Crippen LogP contribution in [0.1, 0.15) is 59.8 Å². The van der Waals surface area contributed by atoms with E-state index in [-0.39, 0.29) is 11.8 Å². The maximum atomic E-state index is 10.9. The van der Waals surface area contributed by atoms with Gasteiger partial charge in [0.15, 0.2) is 0 Å². The Morgan fingerprint density at radius 3 is 1.84 bits per heavy atom. The van der Waals surface area contributed by atoms with E-state index in [1.807, 2.05) is 0 Å². The van der Waals surface area contributed by atoms with Crippen molar-refractivity contribution in [2.45, 2.75) is 65.8 Å². The number of hydrogen-bond donors (Lipinski definition) is 1. The van der Waals surface area contributed by atoms with Gasteiger partial charge in [0.05, 0.1) is 31.4 Å². The second-order valence-corrected chi connectivity index (χ2v) is 7.18.